The van der Waals surface area contributed by atoms with E-state index in [1.165, 1.54) is 0 Å². The minimum atomic E-state index is -0.410. The van der Waals surface area contributed by atoms with Crippen LogP contribution in [-0.4, -0.2) is 22.6 Å². The molecule has 1 saturated heterocycles. The largest absolute Gasteiger partial charge is 0.488 e. The number of benzene rings is 2. The summed E-state index contributed by atoms with van der Waals surface area (Å²) in [6, 6.07) is 16.5. The molecular formula is C21H14N2O3S. The molecule has 5 nitrogen and oxygen atoms in total. The van der Waals surface area contributed by atoms with Crippen molar-refractivity contribution in [3.05, 3.63) is 70.1 Å². The lowest BCUT2D eigenvalue weighted by atomic mass is 10.1. The molecule has 0 saturated carbocycles. The summed E-state index contributed by atoms with van der Waals surface area (Å²) in [5.74, 6) is 2.45. The number of nitrogens with zero attached hydrogens (tertiary/aromatic N) is 2. The van der Waals surface area contributed by atoms with Crippen LogP contribution >= 0.6 is 11.8 Å². The van der Waals surface area contributed by atoms with Crippen molar-refractivity contribution in [1.82, 2.24) is 4.90 Å². The maximum absolute atomic E-state index is 12.3. The molecule has 2 aromatic rings. The van der Waals surface area contributed by atoms with Gasteiger partial charge in [-0.2, -0.15) is 5.26 Å². The molecule has 1 heterocycles. The number of imide groups is 1. The van der Waals surface area contributed by atoms with Gasteiger partial charge in [-0.05, 0) is 30.0 Å². The van der Waals surface area contributed by atoms with Crippen molar-refractivity contribution in [1.29, 1.82) is 5.26 Å². The van der Waals surface area contributed by atoms with Gasteiger partial charge in [-0.25, -0.2) is 0 Å². The molecule has 2 aromatic carbocycles. The van der Waals surface area contributed by atoms with Crippen molar-refractivity contribution in [2.45, 2.75) is 6.61 Å². The standard InChI is InChI=1S/C21H14N2O3S/c1-2-11-23-20(24)19(27-21(23)25)12-15-7-5-6-10-18(15)26-14-17-9-4-3-8-16(17)13-22/h1,3-10,12H,11,14H2. The predicted octanol–water partition coefficient (Wildman–Crippen LogP) is 3.81. The monoisotopic (exact) mass is 374 g/mol. The van der Waals surface area contributed by atoms with E-state index in [-0.39, 0.29) is 18.4 Å². The van der Waals surface area contributed by atoms with E-state index in [2.05, 4.69) is 12.0 Å². The van der Waals surface area contributed by atoms with Crippen molar-refractivity contribution in [2.24, 2.45) is 0 Å². The van der Waals surface area contributed by atoms with Gasteiger partial charge in [-0.1, -0.05) is 42.3 Å². The number of amides is 2. The molecule has 27 heavy (non-hydrogen) atoms. The number of hydrogen-bond donors (Lipinski definition) is 0. The Balaban J connectivity index is 1.83. The second-order valence-corrected chi connectivity index (χ2v) is 6.56. The van der Waals surface area contributed by atoms with E-state index in [1.54, 1.807) is 30.3 Å². The number of carbonyl (C=O) groups excluding carboxylic acids is 2. The first-order valence-electron chi connectivity index (χ1n) is 8.02. The van der Waals surface area contributed by atoms with Crippen molar-refractivity contribution in [2.75, 3.05) is 6.54 Å². The summed E-state index contributed by atoms with van der Waals surface area (Å²) in [6.07, 6.45) is 6.82. The second kappa shape index (κ2) is 8.27. The second-order valence-electron chi connectivity index (χ2n) is 5.57. The number of para-hydroxylation sites is 1. The number of rotatable bonds is 5. The highest BCUT2D eigenvalue weighted by atomic mass is 32.2. The highest BCUT2D eigenvalue weighted by molar-refractivity contribution is 8.18. The molecule has 0 aromatic heterocycles. The van der Waals surface area contributed by atoms with Gasteiger partial charge < -0.3 is 4.74 Å². The highest BCUT2D eigenvalue weighted by Gasteiger charge is 2.34. The topological polar surface area (TPSA) is 70.4 Å². The first-order valence-corrected chi connectivity index (χ1v) is 8.84. The van der Waals surface area contributed by atoms with Gasteiger partial charge in [0.1, 0.15) is 12.4 Å². The molecule has 6 heteroatoms. The minimum absolute atomic E-state index is 0.0505. The zero-order chi connectivity index (χ0) is 19.2. The van der Waals surface area contributed by atoms with Crippen LogP contribution in [0.1, 0.15) is 16.7 Å². The number of hydrogen-bond acceptors (Lipinski definition) is 5. The lowest BCUT2D eigenvalue weighted by molar-refractivity contribution is -0.122. The van der Waals surface area contributed by atoms with Crippen LogP contribution in [0.15, 0.2) is 53.4 Å². The molecule has 3 rings (SSSR count). The summed E-state index contributed by atoms with van der Waals surface area (Å²) in [7, 11) is 0. The van der Waals surface area contributed by atoms with Crippen molar-refractivity contribution in [3.63, 3.8) is 0 Å². The van der Waals surface area contributed by atoms with Crippen LogP contribution in [0.3, 0.4) is 0 Å². The number of nitriles is 1. The molecule has 1 aliphatic rings. The molecule has 0 radical (unpaired) electrons. The van der Waals surface area contributed by atoms with E-state index in [0.29, 0.717) is 21.8 Å². The van der Waals surface area contributed by atoms with Crippen molar-refractivity contribution < 1.29 is 14.3 Å². The summed E-state index contributed by atoms with van der Waals surface area (Å²) >= 11 is 0.850. The molecule has 0 N–H and O–H groups in total. The van der Waals surface area contributed by atoms with Crippen LogP contribution in [0.25, 0.3) is 6.08 Å². The van der Waals surface area contributed by atoms with Gasteiger partial charge in [0.05, 0.1) is 23.1 Å². The summed E-state index contributed by atoms with van der Waals surface area (Å²) in [5.41, 5.74) is 1.98. The smallest absolute Gasteiger partial charge is 0.294 e. The van der Waals surface area contributed by atoms with Crippen LogP contribution in [0.5, 0.6) is 5.75 Å². The SMILES string of the molecule is C#CCN1C(=O)SC(=Cc2ccccc2OCc2ccccc2C#N)C1=O. The van der Waals surface area contributed by atoms with Crippen LogP contribution in [0.4, 0.5) is 4.79 Å². The van der Waals surface area contributed by atoms with Crippen LogP contribution in [0.2, 0.25) is 0 Å². The normalized spacial score (nSPS) is 14.9. The van der Waals surface area contributed by atoms with Crippen molar-refractivity contribution in [3.8, 4) is 24.2 Å². The number of thioether (sulfide) groups is 1. The first-order chi connectivity index (χ1) is 13.1. The average Bonchev–Trinajstić information content (AvgIpc) is 2.95. The minimum Gasteiger partial charge on any atom is -0.488 e. The molecular weight excluding hydrogens is 360 g/mol. The summed E-state index contributed by atoms with van der Waals surface area (Å²) < 4.78 is 5.87. The van der Waals surface area contributed by atoms with E-state index < -0.39 is 5.91 Å². The number of carbonyl (C=O) groups is 2. The molecule has 1 aliphatic heterocycles. The summed E-state index contributed by atoms with van der Waals surface area (Å²) in [4.78, 5) is 25.6. The Morgan fingerprint density at radius 3 is 2.67 bits per heavy atom. The highest BCUT2D eigenvalue weighted by Crippen LogP contribution is 2.33. The first kappa shape index (κ1) is 18.3. The van der Waals surface area contributed by atoms with Crippen LogP contribution in [0, 0.1) is 23.7 Å². The maximum atomic E-state index is 12.3. The molecule has 0 aliphatic carbocycles. The third-order valence-corrected chi connectivity index (χ3v) is 4.76. The van der Waals surface area contributed by atoms with E-state index in [4.69, 9.17) is 11.2 Å². The van der Waals surface area contributed by atoms with Gasteiger partial charge in [0.2, 0.25) is 0 Å². The Hall–Kier alpha value is -3.48. The number of ether oxygens (including phenoxy) is 1. The number of terminal acetylenes is 1. The zero-order valence-electron chi connectivity index (χ0n) is 14.2. The van der Waals surface area contributed by atoms with Crippen molar-refractivity contribution >= 4 is 29.0 Å². The van der Waals surface area contributed by atoms with E-state index in [9.17, 15) is 14.9 Å². The maximum Gasteiger partial charge on any atom is 0.294 e. The van der Waals surface area contributed by atoms with E-state index in [0.717, 1.165) is 22.2 Å². The van der Waals surface area contributed by atoms with Gasteiger partial charge in [0.25, 0.3) is 11.1 Å². The molecule has 0 spiro atoms. The molecule has 0 atom stereocenters. The van der Waals surface area contributed by atoms with Crippen LogP contribution in [-0.2, 0) is 11.4 Å². The third-order valence-electron chi connectivity index (χ3n) is 3.85. The Bertz CT molecular complexity index is 1010. The molecule has 2 amide bonds. The lowest BCUT2D eigenvalue weighted by Crippen LogP contribution is -2.28. The summed E-state index contributed by atoms with van der Waals surface area (Å²) in [5, 5.41) is 8.79. The predicted molar refractivity (Wildman–Crippen MR) is 103 cm³/mol. The molecule has 0 unspecified atom stereocenters. The molecule has 1 fully saturated rings. The van der Waals surface area contributed by atoms with Gasteiger partial charge in [0, 0.05) is 11.1 Å². The Morgan fingerprint density at radius 2 is 1.89 bits per heavy atom. The van der Waals surface area contributed by atoms with Gasteiger partial charge in [-0.3, -0.25) is 14.5 Å². The lowest BCUT2D eigenvalue weighted by Gasteiger charge is -2.10. The summed E-state index contributed by atoms with van der Waals surface area (Å²) in [6.45, 7) is 0.165. The Kier molecular flexibility index (Phi) is 5.61. The fraction of sp³-hybridized carbons (Fsp3) is 0.0952. The average molecular weight is 374 g/mol. The fourth-order valence-corrected chi connectivity index (χ4v) is 3.34. The molecule has 0 bridgehead atoms. The van der Waals surface area contributed by atoms with Gasteiger partial charge in [-0.15, -0.1) is 6.42 Å². The third kappa shape index (κ3) is 4.03. The molecule has 132 valence electrons. The van der Waals surface area contributed by atoms with E-state index in [1.807, 2.05) is 24.3 Å². The van der Waals surface area contributed by atoms with Gasteiger partial charge >= 0.3 is 0 Å². The van der Waals surface area contributed by atoms with Crippen LogP contribution < -0.4 is 4.74 Å². The van der Waals surface area contributed by atoms with Gasteiger partial charge in [0.15, 0.2) is 0 Å². The fourth-order valence-electron chi connectivity index (χ4n) is 2.51. The zero-order valence-corrected chi connectivity index (χ0v) is 15.0. The van der Waals surface area contributed by atoms with E-state index >= 15 is 0 Å². The Morgan fingerprint density at radius 1 is 1.15 bits per heavy atom. The Labute approximate surface area is 161 Å². The quantitative estimate of drug-likeness (QED) is 0.588.